The summed E-state index contributed by atoms with van der Waals surface area (Å²) in [5, 5.41) is 17.4. The first kappa shape index (κ1) is 15.8. The number of aliphatic hydroxyl groups is 1. The monoisotopic (exact) mass is 334 g/mol. The normalized spacial score (nSPS) is 20.7. The van der Waals surface area contributed by atoms with Crippen LogP contribution in [0.2, 0.25) is 0 Å². The van der Waals surface area contributed by atoms with E-state index in [9.17, 15) is 9.90 Å². The van der Waals surface area contributed by atoms with Crippen LogP contribution in [0.15, 0.2) is 18.6 Å². The molecule has 3 heterocycles. The van der Waals surface area contributed by atoms with Gasteiger partial charge in [-0.3, -0.25) is 9.78 Å². The van der Waals surface area contributed by atoms with E-state index in [4.69, 9.17) is 0 Å². The fourth-order valence-electron chi connectivity index (χ4n) is 2.59. The number of carbonyl (C=O) groups is 1. The van der Waals surface area contributed by atoms with Gasteiger partial charge in [-0.25, -0.2) is 4.98 Å². The van der Waals surface area contributed by atoms with E-state index in [0.29, 0.717) is 36.5 Å². The van der Waals surface area contributed by atoms with Crippen LogP contribution >= 0.6 is 11.5 Å². The van der Waals surface area contributed by atoms with Crippen LogP contribution in [0.1, 0.15) is 28.7 Å². The molecule has 8 nitrogen and oxygen atoms in total. The lowest BCUT2D eigenvalue weighted by molar-refractivity contribution is 0.0576. The molecule has 0 aromatic carbocycles. The Morgan fingerprint density at radius 1 is 1.52 bits per heavy atom. The largest absolute Gasteiger partial charge is 0.386 e. The Bertz CT molecular complexity index is 679. The van der Waals surface area contributed by atoms with E-state index in [1.165, 1.54) is 0 Å². The molecule has 9 heteroatoms. The third-order valence-corrected chi connectivity index (χ3v) is 4.65. The Morgan fingerprint density at radius 3 is 3.13 bits per heavy atom. The molecule has 0 spiro atoms. The van der Waals surface area contributed by atoms with Crippen molar-refractivity contribution in [3.8, 4) is 0 Å². The van der Waals surface area contributed by atoms with Crippen molar-refractivity contribution in [3.05, 3.63) is 29.2 Å². The van der Waals surface area contributed by atoms with E-state index < -0.39 is 5.60 Å². The maximum atomic E-state index is 12.2. The molecule has 1 unspecified atom stereocenters. The second-order valence-corrected chi connectivity index (χ2v) is 6.30. The van der Waals surface area contributed by atoms with Crippen molar-refractivity contribution in [2.75, 3.05) is 24.5 Å². The predicted molar refractivity (Wildman–Crippen MR) is 85.4 cm³/mol. The summed E-state index contributed by atoms with van der Waals surface area (Å²) in [6, 6.07) is 0. The highest BCUT2D eigenvalue weighted by atomic mass is 32.1. The molecule has 3 rings (SSSR count). The van der Waals surface area contributed by atoms with Gasteiger partial charge in [0.2, 0.25) is 0 Å². The molecule has 2 aromatic rings. The fraction of sp³-hybridized carbons (Fsp3) is 0.500. The van der Waals surface area contributed by atoms with Gasteiger partial charge in [-0.05, 0) is 24.4 Å². The maximum absolute atomic E-state index is 12.2. The molecule has 1 fully saturated rings. The van der Waals surface area contributed by atoms with Gasteiger partial charge in [0, 0.05) is 32.0 Å². The smallest absolute Gasteiger partial charge is 0.265 e. The zero-order chi connectivity index (χ0) is 16.3. The molecule has 2 aromatic heterocycles. The molecule has 1 atom stereocenters. The number of β-amino-alcohol motifs (C(OH)–C–C–N with tert-alkyl or cyclic N) is 1. The van der Waals surface area contributed by atoms with Gasteiger partial charge in [0.1, 0.15) is 16.3 Å². The number of amides is 1. The summed E-state index contributed by atoms with van der Waals surface area (Å²) in [4.78, 5) is 23.0. The third-order valence-electron chi connectivity index (χ3n) is 3.88. The molecule has 0 radical (unpaired) electrons. The van der Waals surface area contributed by atoms with E-state index in [1.54, 1.807) is 18.6 Å². The van der Waals surface area contributed by atoms with E-state index in [0.717, 1.165) is 17.4 Å². The van der Waals surface area contributed by atoms with Crippen LogP contribution < -0.4 is 10.2 Å². The van der Waals surface area contributed by atoms with Gasteiger partial charge in [-0.15, -0.1) is 5.10 Å². The van der Waals surface area contributed by atoms with Crippen LogP contribution in [0.5, 0.6) is 0 Å². The van der Waals surface area contributed by atoms with Gasteiger partial charge in [-0.2, -0.15) is 0 Å². The molecular formula is C14H18N6O2S. The number of anilines is 1. The summed E-state index contributed by atoms with van der Waals surface area (Å²) in [5.74, 6) is 0.498. The van der Waals surface area contributed by atoms with Gasteiger partial charge in [0.05, 0.1) is 11.9 Å². The molecule has 23 heavy (non-hydrogen) atoms. The molecule has 0 bridgehead atoms. The lowest BCUT2D eigenvalue weighted by Gasteiger charge is -2.23. The SMILES string of the molecule is CCc1nnsc1C(=O)NCC1(O)CCN(c2cnccn2)C1. The van der Waals surface area contributed by atoms with Crippen molar-refractivity contribution in [2.24, 2.45) is 0 Å². The third kappa shape index (κ3) is 3.45. The van der Waals surface area contributed by atoms with Crippen molar-refractivity contribution in [3.63, 3.8) is 0 Å². The van der Waals surface area contributed by atoms with E-state index in [-0.39, 0.29) is 12.5 Å². The first-order chi connectivity index (χ1) is 11.1. The Balaban J connectivity index is 1.59. The molecule has 0 aliphatic carbocycles. The van der Waals surface area contributed by atoms with Crippen LogP contribution in [0.25, 0.3) is 0 Å². The first-order valence-corrected chi connectivity index (χ1v) is 8.21. The fourth-order valence-corrected chi connectivity index (χ4v) is 3.25. The minimum Gasteiger partial charge on any atom is -0.386 e. The summed E-state index contributed by atoms with van der Waals surface area (Å²) >= 11 is 1.08. The van der Waals surface area contributed by atoms with E-state index in [2.05, 4.69) is 24.9 Å². The van der Waals surface area contributed by atoms with Crippen LogP contribution in [0.3, 0.4) is 0 Å². The molecule has 2 N–H and O–H groups in total. The lowest BCUT2D eigenvalue weighted by atomic mass is 10.0. The zero-order valence-corrected chi connectivity index (χ0v) is 13.6. The summed E-state index contributed by atoms with van der Waals surface area (Å²) in [7, 11) is 0. The topological polar surface area (TPSA) is 104 Å². The van der Waals surface area contributed by atoms with Crippen molar-refractivity contribution in [1.82, 2.24) is 24.9 Å². The highest BCUT2D eigenvalue weighted by Gasteiger charge is 2.37. The lowest BCUT2D eigenvalue weighted by Crippen LogP contribution is -2.45. The quantitative estimate of drug-likeness (QED) is 0.808. The van der Waals surface area contributed by atoms with Gasteiger partial charge >= 0.3 is 0 Å². The number of aromatic nitrogens is 4. The number of carbonyl (C=O) groups excluding carboxylic acids is 1. The number of nitrogens with one attached hydrogen (secondary N) is 1. The van der Waals surface area contributed by atoms with Crippen LogP contribution in [-0.2, 0) is 6.42 Å². The van der Waals surface area contributed by atoms with E-state index in [1.807, 2.05) is 11.8 Å². The summed E-state index contributed by atoms with van der Waals surface area (Å²) in [6.45, 7) is 3.20. The van der Waals surface area contributed by atoms with E-state index >= 15 is 0 Å². The Kier molecular flexibility index (Phi) is 4.49. The van der Waals surface area contributed by atoms with Crippen molar-refractivity contribution in [2.45, 2.75) is 25.4 Å². The Morgan fingerprint density at radius 2 is 2.39 bits per heavy atom. The van der Waals surface area contributed by atoms with Crippen LogP contribution in [0, 0.1) is 0 Å². The van der Waals surface area contributed by atoms with Gasteiger partial charge in [0.25, 0.3) is 5.91 Å². The Labute approximate surface area is 137 Å². The Hall–Kier alpha value is -2.13. The molecule has 1 aliphatic rings. The second kappa shape index (κ2) is 6.55. The van der Waals surface area contributed by atoms with Gasteiger partial charge < -0.3 is 15.3 Å². The number of hydrogen-bond acceptors (Lipinski definition) is 8. The summed E-state index contributed by atoms with van der Waals surface area (Å²) < 4.78 is 3.81. The minimum absolute atomic E-state index is 0.184. The van der Waals surface area contributed by atoms with Crippen molar-refractivity contribution in [1.29, 1.82) is 0 Å². The summed E-state index contributed by atoms with van der Waals surface area (Å²) in [6.07, 6.45) is 6.12. The number of hydrogen-bond donors (Lipinski definition) is 2. The minimum atomic E-state index is -0.975. The average molecular weight is 334 g/mol. The van der Waals surface area contributed by atoms with Crippen molar-refractivity contribution < 1.29 is 9.90 Å². The average Bonchev–Trinajstić information content (AvgIpc) is 3.20. The first-order valence-electron chi connectivity index (χ1n) is 7.44. The maximum Gasteiger partial charge on any atom is 0.265 e. The summed E-state index contributed by atoms with van der Waals surface area (Å²) in [5.41, 5.74) is -0.287. The highest BCUT2D eigenvalue weighted by Crippen LogP contribution is 2.24. The van der Waals surface area contributed by atoms with Crippen LogP contribution in [-0.4, -0.2) is 55.8 Å². The number of aryl methyl sites for hydroxylation is 1. The van der Waals surface area contributed by atoms with Gasteiger partial charge in [-0.1, -0.05) is 11.4 Å². The molecule has 1 aliphatic heterocycles. The zero-order valence-electron chi connectivity index (χ0n) is 12.8. The standard InChI is InChI=1S/C14H18N6O2S/c1-2-10-12(23-19-18-10)13(21)17-8-14(22)3-6-20(9-14)11-7-15-4-5-16-11/h4-5,7,22H,2-3,6,8-9H2,1H3,(H,17,21). The van der Waals surface area contributed by atoms with Crippen LogP contribution in [0.4, 0.5) is 5.82 Å². The molecule has 0 saturated carbocycles. The molecule has 1 amide bonds. The van der Waals surface area contributed by atoms with Crippen molar-refractivity contribution >= 4 is 23.3 Å². The second-order valence-electron chi connectivity index (χ2n) is 5.54. The highest BCUT2D eigenvalue weighted by molar-refractivity contribution is 7.08. The molecular weight excluding hydrogens is 316 g/mol. The number of nitrogens with zero attached hydrogens (tertiary/aromatic N) is 5. The molecule has 122 valence electrons. The van der Waals surface area contributed by atoms with Gasteiger partial charge in [0.15, 0.2) is 0 Å². The predicted octanol–water partition coefficient (Wildman–Crippen LogP) is 0.262. The number of rotatable bonds is 5. The molecule has 1 saturated heterocycles.